The summed E-state index contributed by atoms with van der Waals surface area (Å²) in [6.07, 6.45) is 0.671. The molecular formula is C13H11Cl3N2O. The van der Waals surface area contributed by atoms with E-state index >= 15 is 0 Å². The molecule has 0 spiro atoms. The Morgan fingerprint density at radius 1 is 1.16 bits per heavy atom. The maximum Gasteiger partial charge on any atom is 0.227 e. The SMILES string of the molecule is CCc1nc(Cl)c(C)c(Oc2ccc(Cl)cc2Cl)n1. The minimum Gasteiger partial charge on any atom is -0.437 e. The van der Waals surface area contributed by atoms with Crippen LogP contribution in [-0.4, -0.2) is 9.97 Å². The molecule has 0 aliphatic rings. The van der Waals surface area contributed by atoms with E-state index in [1.54, 1.807) is 25.1 Å². The molecule has 0 amide bonds. The zero-order chi connectivity index (χ0) is 14.0. The van der Waals surface area contributed by atoms with Crippen LogP contribution in [0.2, 0.25) is 15.2 Å². The maximum atomic E-state index is 6.06. The lowest BCUT2D eigenvalue weighted by Crippen LogP contribution is -2.00. The average molecular weight is 318 g/mol. The van der Waals surface area contributed by atoms with Crippen LogP contribution in [0.5, 0.6) is 11.6 Å². The van der Waals surface area contributed by atoms with Gasteiger partial charge in [-0.15, -0.1) is 0 Å². The molecule has 2 aromatic rings. The molecule has 100 valence electrons. The Kier molecular flexibility index (Phi) is 4.50. The number of ether oxygens (including phenoxy) is 1. The second-order valence-corrected chi connectivity index (χ2v) is 5.09. The first-order chi connectivity index (χ1) is 9.01. The Morgan fingerprint density at radius 2 is 1.89 bits per heavy atom. The highest BCUT2D eigenvalue weighted by atomic mass is 35.5. The van der Waals surface area contributed by atoms with Crippen molar-refractivity contribution in [3.05, 3.63) is 44.8 Å². The van der Waals surface area contributed by atoms with Gasteiger partial charge in [0.15, 0.2) is 0 Å². The van der Waals surface area contributed by atoms with Crippen molar-refractivity contribution in [1.29, 1.82) is 0 Å². The number of aryl methyl sites for hydroxylation is 1. The molecule has 1 heterocycles. The molecule has 0 saturated carbocycles. The first-order valence-electron chi connectivity index (χ1n) is 5.67. The third-order valence-corrected chi connectivity index (χ3v) is 3.40. The van der Waals surface area contributed by atoms with Gasteiger partial charge >= 0.3 is 0 Å². The lowest BCUT2D eigenvalue weighted by Gasteiger charge is -2.11. The minimum absolute atomic E-state index is 0.381. The zero-order valence-corrected chi connectivity index (χ0v) is 12.6. The molecule has 19 heavy (non-hydrogen) atoms. The van der Waals surface area contributed by atoms with E-state index in [1.807, 2.05) is 6.92 Å². The summed E-state index contributed by atoms with van der Waals surface area (Å²) in [5.41, 5.74) is 0.671. The first kappa shape index (κ1) is 14.4. The Morgan fingerprint density at radius 3 is 2.53 bits per heavy atom. The van der Waals surface area contributed by atoms with Crippen LogP contribution in [0.4, 0.5) is 0 Å². The second-order valence-electron chi connectivity index (χ2n) is 3.89. The Hall–Kier alpha value is -1.03. The van der Waals surface area contributed by atoms with Crippen LogP contribution in [-0.2, 0) is 6.42 Å². The van der Waals surface area contributed by atoms with Crippen molar-refractivity contribution < 1.29 is 4.74 Å². The Balaban J connectivity index is 2.40. The highest BCUT2D eigenvalue weighted by Gasteiger charge is 2.12. The Bertz CT molecular complexity index is 617. The van der Waals surface area contributed by atoms with Crippen LogP contribution in [0.3, 0.4) is 0 Å². The van der Waals surface area contributed by atoms with Crippen LogP contribution in [0.25, 0.3) is 0 Å². The average Bonchev–Trinajstić information content (AvgIpc) is 2.37. The van der Waals surface area contributed by atoms with E-state index in [0.717, 1.165) is 0 Å². The normalized spacial score (nSPS) is 10.6. The highest BCUT2D eigenvalue weighted by molar-refractivity contribution is 6.35. The van der Waals surface area contributed by atoms with E-state index < -0.39 is 0 Å². The standard InChI is InChI=1S/C13H11Cl3N2O/c1-3-11-17-12(16)7(2)13(18-11)19-10-5-4-8(14)6-9(10)15/h4-6H,3H2,1-2H3. The third kappa shape index (κ3) is 3.30. The number of hydrogen-bond acceptors (Lipinski definition) is 3. The fourth-order valence-corrected chi connectivity index (χ4v) is 2.06. The molecule has 1 aromatic heterocycles. The van der Waals surface area contributed by atoms with Gasteiger partial charge in [-0.3, -0.25) is 0 Å². The lowest BCUT2D eigenvalue weighted by atomic mass is 10.3. The van der Waals surface area contributed by atoms with E-state index in [0.29, 0.717) is 44.6 Å². The summed E-state index contributed by atoms with van der Waals surface area (Å²) in [5, 5.41) is 1.34. The predicted molar refractivity (Wildman–Crippen MR) is 77.7 cm³/mol. The van der Waals surface area contributed by atoms with Gasteiger partial charge in [-0.05, 0) is 25.1 Å². The summed E-state index contributed by atoms with van der Waals surface area (Å²) in [4.78, 5) is 8.45. The van der Waals surface area contributed by atoms with Gasteiger partial charge in [-0.2, -0.15) is 4.98 Å². The second kappa shape index (κ2) is 5.95. The summed E-state index contributed by atoms with van der Waals surface area (Å²) < 4.78 is 5.69. The van der Waals surface area contributed by atoms with E-state index in [4.69, 9.17) is 39.5 Å². The summed E-state index contributed by atoms with van der Waals surface area (Å²) in [6.45, 7) is 3.74. The topological polar surface area (TPSA) is 35.0 Å². The summed E-state index contributed by atoms with van der Waals surface area (Å²) in [7, 11) is 0. The van der Waals surface area contributed by atoms with Crippen LogP contribution >= 0.6 is 34.8 Å². The molecule has 6 heteroatoms. The molecule has 0 radical (unpaired) electrons. The molecule has 0 saturated heterocycles. The first-order valence-corrected chi connectivity index (χ1v) is 6.80. The lowest BCUT2D eigenvalue weighted by molar-refractivity contribution is 0.455. The fraction of sp³-hybridized carbons (Fsp3) is 0.231. The van der Waals surface area contributed by atoms with E-state index in [1.165, 1.54) is 0 Å². The van der Waals surface area contributed by atoms with Gasteiger partial charge in [0, 0.05) is 17.0 Å². The monoisotopic (exact) mass is 316 g/mol. The van der Waals surface area contributed by atoms with Crippen LogP contribution in [0.15, 0.2) is 18.2 Å². The molecule has 0 aliphatic heterocycles. The molecule has 0 fully saturated rings. The van der Waals surface area contributed by atoms with Gasteiger partial charge in [0.25, 0.3) is 0 Å². The van der Waals surface area contributed by atoms with Crippen molar-refractivity contribution in [3.63, 3.8) is 0 Å². The van der Waals surface area contributed by atoms with Crippen LogP contribution < -0.4 is 4.74 Å². The van der Waals surface area contributed by atoms with Gasteiger partial charge in [0.1, 0.15) is 16.7 Å². The van der Waals surface area contributed by atoms with E-state index in [-0.39, 0.29) is 0 Å². The molecule has 0 N–H and O–H groups in total. The van der Waals surface area contributed by atoms with Crippen molar-refractivity contribution in [3.8, 4) is 11.6 Å². The molecule has 2 rings (SSSR count). The van der Waals surface area contributed by atoms with Gasteiger partial charge in [-0.1, -0.05) is 41.7 Å². The molecular weight excluding hydrogens is 307 g/mol. The number of aromatic nitrogens is 2. The van der Waals surface area contributed by atoms with Crippen molar-refractivity contribution in [1.82, 2.24) is 9.97 Å². The van der Waals surface area contributed by atoms with Crippen molar-refractivity contribution in [2.45, 2.75) is 20.3 Å². The smallest absolute Gasteiger partial charge is 0.227 e. The van der Waals surface area contributed by atoms with Gasteiger partial charge in [-0.25, -0.2) is 4.98 Å². The quantitative estimate of drug-likeness (QED) is 0.739. The predicted octanol–water partition coefficient (Wildman–Crippen LogP) is 5.10. The molecule has 1 aromatic carbocycles. The highest BCUT2D eigenvalue weighted by Crippen LogP contribution is 2.33. The molecule has 0 unspecified atom stereocenters. The summed E-state index contributed by atoms with van der Waals surface area (Å²) in [5.74, 6) is 1.50. The van der Waals surface area contributed by atoms with Crippen molar-refractivity contribution in [2.24, 2.45) is 0 Å². The molecule has 0 bridgehead atoms. The third-order valence-electron chi connectivity index (χ3n) is 2.50. The van der Waals surface area contributed by atoms with Gasteiger partial charge in [0.2, 0.25) is 5.88 Å². The van der Waals surface area contributed by atoms with Crippen molar-refractivity contribution in [2.75, 3.05) is 0 Å². The maximum absolute atomic E-state index is 6.06. The number of benzene rings is 1. The van der Waals surface area contributed by atoms with Crippen LogP contribution in [0, 0.1) is 6.92 Å². The Labute approximate surface area is 126 Å². The number of hydrogen-bond donors (Lipinski definition) is 0. The molecule has 3 nitrogen and oxygen atoms in total. The number of rotatable bonds is 3. The largest absolute Gasteiger partial charge is 0.437 e. The summed E-state index contributed by atoms with van der Waals surface area (Å²) >= 11 is 17.9. The number of nitrogens with zero attached hydrogens (tertiary/aromatic N) is 2. The van der Waals surface area contributed by atoms with Crippen molar-refractivity contribution >= 4 is 34.8 Å². The fourth-order valence-electron chi connectivity index (χ4n) is 1.43. The van der Waals surface area contributed by atoms with E-state index in [2.05, 4.69) is 9.97 Å². The summed E-state index contributed by atoms with van der Waals surface area (Å²) in [6, 6.07) is 4.99. The minimum atomic E-state index is 0.381. The molecule has 0 aliphatic carbocycles. The zero-order valence-electron chi connectivity index (χ0n) is 10.4. The van der Waals surface area contributed by atoms with E-state index in [9.17, 15) is 0 Å². The molecule has 0 atom stereocenters. The van der Waals surface area contributed by atoms with Crippen LogP contribution in [0.1, 0.15) is 18.3 Å². The van der Waals surface area contributed by atoms with Gasteiger partial charge < -0.3 is 4.74 Å². The number of halogens is 3. The van der Waals surface area contributed by atoms with Gasteiger partial charge in [0.05, 0.1) is 5.02 Å².